The summed E-state index contributed by atoms with van der Waals surface area (Å²) in [6.45, 7) is 4.31. The van der Waals surface area contributed by atoms with Crippen molar-refractivity contribution in [3.05, 3.63) is 33.6 Å². The molecular weight excluding hydrogens is 292 g/mol. The van der Waals surface area contributed by atoms with Gasteiger partial charge in [0.25, 0.3) is 0 Å². The zero-order chi connectivity index (χ0) is 14.4. The van der Waals surface area contributed by atoms with Gasteiger partial charge in [0, 0.05) is 4.88 Å². The SMILES string of the molecule is CCCC(Nc1scnc1C(=O)OCC)c1cccs1. The molecule has 0 aliphatic carbocycles. The van der Waals surface area contributed by atoms with E-state index in [1.165, 1.54) is 16.2 Å². The van der Waals surface area contributed by atoms with E-state index in [9.17, 15) is 4.79 Å². The molecule has 0 saturated heterocycles. The first-order valence-electron chi connectivity index (χ1n) is 6.66. The molecule has 0 spiro atoms. The fraction of sp³-hybridized carbons (Fsp3) is 0.429. The molecule has 108 valence electrons. The number of hydrogen-bond donors (Lipinski definition) is 1. The van der Waals surface area contributed by atoms with Crippen molar-refractivity contribution in [1.29, 1.82) is 0 Å². The molecular formula is C14H18N2O2S2. The lowest BCUT2D eigenvalue weighted by Gasteiger charge is -2.17. The highest BCUT2D eigenvalue weighted by Crippen LogP contribution is 2.31. The molecule has 0 radical (unpaired) electrons. The highest BCUT2D eigenvalue weighted by atomic mass is 32.1. The molecule has 0 amide bonds. The third-order valence-corrected chi connectivity index (χ3v) is 4.55. The second kappa shape index (κ2) is 7.40. The minimum Gasteiger partial charge on any atom is -0.461 e. The van der Waals surface area contributed by atoms with E-state index in [0.717, 1.165) is 17.8 Å². The first-order chi connectivity index (χ1) is 9.76. The molecule has 0 aromatic carbocycles. The van der Waals surface area contributed by atoms with E-state index in [4.69, 9.17) is 4.74 Å². The molecule has 0 fully saturated rings. The zero-order valence-electron chi connectivity index (χ0n) is 11.6. The number of carbonyl (C=O) groups excluding carboxylic acids is 1. The van der Waals surface area contributed by atoms with Gasteiger partial charge in [-0.15, -0.1) is 22.7 Å². The molecule has 1 unspecified atom stereocenters. The van der Waals surface area contributed by atoms with Gasteiger partial charge in [-0.1, -0.05) is 19.4 Å². The van der Waals surface area contributed by atoms with Crippen molar-refractivity contribution in [3.63, 3.8) is 0 Å². The van der Waals surface area contributed by atoms with E-state index in [0.29, 0.717) is 12.3 Å². The average Bonchev–Trinajstić information content (AvgIpc) is 3.09. The lowest BCUT2D eigenvalue weighted by Crippen LogP contribution is -2.13. The van der Waals surface area contributed by atoms with E-state index < -0.39 is 0 Å². The number of hydrogen-bond acceptors (Lipinski definition) is 6. The van der Waals surface area contributed by atoms with Gasteiger partial charge in [0.05, 0.1) is 18.2 Å². The predicted octanol–water partition coefficient (Wildman–Crippen LogP) is 4.33. The monoisotopic (exact) mass is 310 g/mol. The number of thiophene rings is 1. The van der Waals surface area contributed by atoms with Gasteiger partial charge in [0.15, 0.2) is 5.69 Å². The minimum atomic E-state index is -0.363. The summed E-state index contributed by atoms with van der Waals surface area (Å²) in [5.41, 5.74) is 2.06. The van der Waals surface area contributed by atoms with Crippen LogP contribution in [0.2, 0.25) is 0 Å². The standard InChI is InChI=1S/C14H18N2O2S2/c1-3-6-10(11-7-5-8-19-11)16-13-12(15-9-20-13)14(17)18-4-2/h5,7-10,16H,3-4,6H2,1-2H3. The van der Waals surface area contributed by atoms with Crippen LogP contribution in [0.3, 0.4) is 0 Å². The smallest absolute Gasteiger partial charge is 0.360 e. The number of anilines is 1. The molecule has 2 aromatic rings. The average molecular weight is 310 g/mol. The molecule has 6 heteroatoms. The van der Waals surface area contributed by atoms with Gasteiger partial charge in [0.1, 0.15) is 5.00 Å². The Hall–Kier alpha value is -1.40. The Bertz CT molecular complexity index is 537. The Morgan fingerprint density at radius 1 is 1.45 bits per heavy atom. The van der Waals surface area contributed by atoms with E-state index >= 15 is 0 Å². The molecule has 1 atom stereocenters. The molecule has 0 bridgehead atoms. The van der Waals surface area contributed by atoms with Crippen LogP contribution in [0, 0.1) is 0 Å². The summed E-state index contributed by atoms with van der Waals surface area (Å²) >= 11 is 3.16. The van der Waals surface area contributed by atoms with E-state index in [2.05, 4.69) is 28.7 Å². The maximum Gasteiger partial charge on any atom is 0.360 e. The number of carbonyl (C=O) groups is 1. The summed E-state index contributed by atoms with van der Waals surface area (Å²) < 4.78 is 5.03. The van der Waals surface area contributed by atoms with E-state index in [1.807, 2.05) is 6.07 Å². The van der Waals surface area contributed by atoms with Crippen molar-refractivity contribution >= 4 is 33.6 Å². The topological polar surface area (TPSA) is 51.2 Å². The molecule has 2 aromatic heterocycles. The number of thiazole rings is 1. The normalized spacial score (nSPS) is 12.1. The van der Waals surface area contributed by atoms with Crippen LogP contribution in [0.15, 0.2) is 23.0 Å². The summed E-state index contributed by atoms with van der Waals surface area (Å²) in [6.07, 6.45) is 2.09. The van der Waals surface area contributed by atoms with Crippen LogP contribution < -0.4 is 5.32 Å². The van der Waals surface area contributed by atoms with Crippen molar-refractivity contribution in [2.45, 2.75) is 32.7 Å². The van der Waals surface area contributed by atoms with Gasteiger partial charge in [-0.25, -0.2) is 9.78 Å². The van der Waals surface area contributed by atoms with Gasteiger partial charge >= 0.3 is 5.97 Å². The molecule has 2 rings (SSSR count). The van der Waals surface area contributed by atoms with Crippen LogP contribution in [-0.2, 0) is 4.74 Å². The van der Waals surface area contributed by atoms with Gasteiger partial charge in [0.2, 0.25) is 0 Å². The van der Waals surface area contributed by atoms with Crippen LogP contribution in [-0.4, -0.2) is 17.6 Å². The fourth-order valence-corrected chi connectivity index (χ4v) is 3.45. The molecule has 1 N–H and O–H groups in total. The van der Waals surface area contributed by atoms with Gasteiger partial charge in [-0.05, 0) is 24.8 Å². The van der Waals surface area contributed by atoms with Crippen molar-refractivity contribution < 1.29 is 9.53 Å². The number of nitrogens with one attached hydrogen (secondary N) is 1. The number of rotatable bonds is 7. The summed E-state index contributed by atoms with van der Waals surface area (Å²) in [4.78, 5) is 17.2. The van der Waals surface area contributed by atoms with Crippen LogP contribution >= 0.6 is 22.7 Å². The molecule has 0 saturated carbocycles. The Balaban J connectivity index is 2.15. The summed E-state index contributed by atoms with van der Waals surface area (Å²) in [5, 5.41) is 6.29. The van der Waals surface area contributed by atoms with Crippen molar-refractivity contribution in [2.75, 3.05) is 11.9 Å². The molecule has 20 heavy (non-hydrogen) atoms. The molecule has 0 aliphatic rings. The highest BCUT2D eigenvalue weighted by Gasteiger charge is 2.20. The second-order valence-electron chi connectivity index (χ2n) is 4.25. The number of nitrogens with zero attached hydrogens (tertiary/aromatic N) is 1. The largest absolute Gasteiger partial charge is 0.461 e. The first-order valence-corrected chi connectivity index (χ1v) is 8.42. The van der Waals surface area contributed by atoms with Crippen LogP contribution in [0.4, 0.5) is 5.00 Å². The Labute approximate surface area is 126 Å². The quantitative estimate of drug-likeness (QED) is 0.773. The third-order valence-electron chi connectivity index (χ3n) is 2.81. The minimum absolute atomic E-state index is 0.216. The zero-order valence-corrected chi connectivity index (χ0v) is 13.2. The van der Waals surface area contributed by atoms with Crippen LogP contribution in [0.5, 0.6) is 0 Å². The Kier molecular flexibility index (Phi) is 5.55. The summed E-state index contributed by atoms with van der Waals surface area (Å²) in [7, 11) is 0. The maximum absolute atomic E-state index is 11.8. The number of ether oxygens (including phenoxy) is 1. The lowest BCUT2D eigenvalue weighted by molar-refractivity contribution is 0.0521. The van der Waals surface area contributed by atoms with Gasteiger partial charge in [-0.3, -0.25) is 0 Å². The Morgan fingerprint density at radius 3 is 2.95 bits per heavy atom. The van der Waals surface area contributed by atoms with Crippen molar-refractivity contribution in [3.8, 4) is 0 Å². The van der Waals surface area contributed by atoms with Gasteiger partial charge < -0.3 is 10.1 Å². The summed E-state index contributed by atoms with van der Waals surface area (Å²) in [6, 6.07) is 4.38. The van der Waals surface area contributed by atoms with Gasteiger partial charge in [-0.2, -0.15) is 0 Å². The second-order valence-corrected chi connectivity index (χ2v) is 6.09. The third kappa shape index (κ3) is 3.58. The number of esters is 1. The first kappa shape index (κ1) is 15.0. The molecule has 4 nitrogen and oxygen atoms in total. The lowest BCUT2D eigenvalue weighted by atomic mass is 10.1. The fourth-order valence-electron chi connectivity index (χ4n) is 1.92. The van der Waals surface area contributed by atoms with E-state index in [-0.39, 0.29) is 12.0 Å². The van der Waals surface area contributed by atoms with Crippen LogP contribution in [0.25, 0.3) is 0 Å². The van der Waals surface area contributed by atoms with Crippen molar-refractivity contribution in [2.24, 2.45) is 0 Å². The number of aromatic nitrogens is 1. The molecule has 0 aliphatic heterocycles. The maximum atomic E-state index is 11.8. The van der Waals surface area contributed by atoms with Crippen molar-refractivity contribution in [1.82, 2.24) is 4.98 Å². The predicted molar refractivity (Wildman–Crippen MR) is 83.7 cm³/mol. The molecule has 2 heterocycles. The van der Waals surface area contributed by atoms with E-state index in [1.54, 1.807) is 23.8 Å². The summed E-state index contributed by atoms with van der Waals surface area (Å²) in [5.74, 6) is -0.363. The highest BCUT2D eigenvalue weighted by molar-refractivity contribution is 7.14. The Morgan fingerprint density at radius 2 is 2.30 bits per heavy atom. The van der Waals surface area contributed by atoms with Crippen LogP contribution in [0.1, 0.15) is 48.1 Å².